The molecule has 8 heteroatoms. The number of fused-ring (bicyclic) bond motifs is 2. The van der Waals surface area contributed by atoms with E-state index < -0.39 is 18.3 Å². The second-order valence-corrected chi connectivity index (χ2v) is 16.1. The summed E-state index contributed by atoms with van der Waals surface area (Å²) in [7, 11) is 1.69. The molecule has 2 spiro atoms. The third kappa shape index (κ3) is 4.19. The summed E-state index contributed by atoms with van der Waals surface area (Å²) in [4.78, 5) is 23.4. The van der Waals surface area contributed by atoms with Crippen molar-refractivity contribution in [1.29, 1.82) is 0 Å². The van der Waals surface area contributed by atoms with Gasteiger partial charge < -0.3 is 30.8 Å². The highest BCUT2D eigenvalue weighted by Gasteiger charge is 2.83. The van der Waals surface area contributed by atoms with E-state index in [1.165, 1.54) is 12.8 Å². The standard InChI is InChI=1S/C33H56N2O6/c1-18(2)26(41-28(35)38)21(39-8)15-19(3)20-16-24(36)31(7)23-10-9-22-29(4,5)25(40-27(34)37)11-12-32(22)17-33(23,32)14-13-30(20,31)6/h18-26,36H,9-17H2,1-8H3,(H2,34,37)(H2,35,38)/t19-,20-,21?,22+,23?,24+,25?,26?,30?,31-,32?,33?/m1/s1. The fourth-order valence-electron chi connectivity index (χ4n) is 12.3. The smallest absolute Gasteiger partial charge is 0.404 e. The molecule has 0 aromatic carbocycles. The Morgan fingerprint density at radius 1 is 0.927 bits per heavy atom. The van der Waals surface area contributed by atoms with Crippen LogP contribution in [0.5, 0.6) is 0 Å². The highest BCUT2D eigenvalue weighted by atomic mass is 16.6. The Morgan fingerprint density at radius 2 is 1.56 bits per heavy atom. The average molecular weight is 577 g/mol. The first-order valence-corrected chi connectivity index (χ1v) is 16.1. The normalized spacial score (nSPS) is 46.2. The van der Waals surface area contributed by atoms with E-state index in [4.69, 9.17) is 25.7 Å². The molecule has 5 aliphatic carbocycles. The van der Waals surface area contributed by atoms with Crippen LogP contribution >= 0.6 is 0 Å². The van der Waals surface area contributed by atoms with Crippen molar-refractivity contribution in [3.8, 4) is 0 Å². The van der Waals surface area contributed by atoms with E-state index in [2.05, 4.69) is 34.6 Å². The molecule has 7 unspecified atom stereocenters. The Morgan fingerprint density at radius 3 is 2.15 bits per heavy atom. The number of amides is 2. The van der Waals surface area contributed by atoms with Gasteiger partial charge in [0.05, 0.1) is 12.2 Å². The number of hydrogen-bond acceptors (Lipinski definition) is 6. The number of rotatable bonds is 8. The number of hydrogen-bond donors (Lipinski definition) is 3. The molecule has 0 heterocycles. The van der Waals surface area contributed by atoms with Crippen molar-refractivity contribution in [2.24, 2.45) is 68.1 Å². The molecule has 12 atom stereocenters. The summed E-state index contributed by atoms with van der Waals surface area (Å²) in [6.07, 6.45) is 6.77. The van der Waals surface area contributed by atoms with Gasteiger partial charge in [0.25, 0.3) is 0 Å². The van der Waals surface area contributed by atoms with Crippen LogP contribution < -0.4 is 11.5 Å². The maximum Gasteiger partial charge on any atom is 0.404 e. The number of primary amides is 2. The second kappa shape index (κ2) is 10.0. The maximum atomic E-state index is 12.0. The average Bonchev–Trinajstić information content (AvgIpc) is 3.50. The molecule has 5 saturated carbocycles. The van der Waals surface area contributed by atoms with Gasteiger partial charge in [-0.15, -0.1) is 0 Å². The van der Waals surface area contributed by atoms with E-state index in [1.54, 1.807) is 7.11 Å². The van der Waals surface area contributed by atoms with Gasteiger partial charge in [0.2, 0.25) is 0 Å². The van der Waals surface area contributed by atoms with E-state index in [0.29, 0.717) is 17.8 Å². The predicted molar refractivity (Wildman–Crippen MR) is 157 cm³/mol. The number of ether oxygens (including phenoxy) is 3. The van der Waals surface area contributed by atoms with Crippen molar-refractivity contribution in [2.45, 2.75) is 131 Å². The Kier molecular flexibility index (Phi) is 7.54. The molecule has 2 amide bonds. The minimum Gasteiger partial charge on any atom is -0.446 e. The Hall–Kier alpha value is -1.54. The third-order valence-electron chi connectivity index (χ3n) is 14.3. The number of nitrogens with two attached hydrogens (primary N) is 2. The van der Waals surface area contributed by atoms with Crippen LogP contribution in [0.3, 0.4) is 0 Å². The van der Waals surface area contributed by atoms with E-state index >= 15 is 0 Å². The molecule has 5 aliphatic rings. The van der Waals surface area contributed by atoms with Crippen LogP contribution in [0.1, 0.15) is 106 Å². The Labute approximate surface area is 247 Å². The lowest BCUT2D eigenvalue weighted by Crippen LogP contribution is -2.60. The van der Waals surface area contributed by atoms with E-state index in [0.717, 1.165) is 44.9 Å². The van der Waals surface area contributed by atoms with Gasteiger partial charge in [-0.3, -0.25) is 0 Å². The molecule has 0 aromatic heterocycles. The SMILES string of the molecule is COC(C[C@@H](C)[C@H]1C[C@H](O)[C@@]2(C)C3CC[C@H]4C(C)(C)C(OC(N)=O)CCC45CC35CCC12C)C(OC(N)=O)C(C)C. The minimum atomic E-state index is -0.765. The Bertz CT molecular complexity index is 1050. The fourth-order valence-corrected chi connectivity index (χ4v) is 12.3. The van der Waals surface area contributed by atoms with Gasteiger partial charge in [0.15, 0.2) is 0 Å². The molecular weight excluding hydrogens is 520 g/mol. The van der Waals surface area contributed by atoms with Gasteiger partial charge in [-0.05, 0) is 104 Å². The van der Waals surface area contributed by atoms with E-state index in [9.17, 15) is 14.7 Å². The molecule has 0 radical (unpaired) electrons. The van der Waals surface area contributed by atoms with Crippen LogP contribution in [0, 0.1) is 56.7 Å². The zero-order valence-corrected chi connectivity index (χ0v) is 26.7. The molecule has 234 valence electrons. The zero-order valence-electron chi connectivity index (χ0n) is 26.7. The van der Waals surface area contributed by atoms with Gasteiger partial charge in [0.1, 0.15) is 12.2 Å². The summed E-state index contributed by atoms with van der Waals surface area (Å²) < 4.78 is 17.1. The number of aliphatic hydroxyl groups is 1. The fraction of sp³-hybridized carbons (Fsp3) is 0.939. The topological polar surface area (TPSA) is 134 Å². The monoisotopic (exact) mass is 576 g/mol. The molecule has 5 rings (SSSR count). The molecular formula is C33H56N2O6. The van der Waals surface area contributed by atoms with E-state index in [1.807, 2.05) is 13.8 Å². The van der Waals surface area contributed by atoms with Gasteiger partial charge in [0, 0.05) is 17.9 Å². The molecule has 8 nitrogen and oxygen atoms in total. The lowest BCUT2D eigenvalue weighted by atomic mass is 9.41. The molecule has 0 saturated heterocycles. The second-order valence-electron chi connectivity index (χ2n) is 16.1. The highest BCUT2D eigenvalue weighted by molar-refractivity contribution is 5.65. The Balaban J connectivity index is 1.39. The first-order valence-electron chi connectivity index (χ1n) is 16.1. The molecule has 0 aliphatic heterocycles. The van der Waals surface area contributed by atoms with Crippen molar-refractivity contribution in [3.63, 3.8) is 0 Å². The zero-order chi connectivity index (χ0) is 30.3. The van der Waals surface area contributed by atoms with Crippen LogP contribution in [0.25, 0.3) is 0 Å². The van der Waals surface area contributed by atoms with Crippen molar-refractivity contribution >= 4 is 12.2 Å². The lowest BCUT2D eigenvalue weighted by molar-refractivity contribution is -0.182. The van der Waals surface area contributed by atoms with Crippen molar-refractivity contribution in [3.05, 3.63) is 0 Å². The van der Waals surface area contributed by atoms with Crippen LogP contribution in [0.15, 0.2) is 0 Å². The summed E-state index contributed by atoms with van der Waals surface area (Å²) in [6, 6.07) is 0. The van der Waals surface area contributed by atoms with Crippen molar-refractivity contribution < 1.29 is 28.9 Å². The van der Waals surface area contributed by atoms with Crippen LogP contribution in [-0.4, -0.2) is 48.8 Å². The third-order valence-corrected chi connectivity index (χ3v) is 14.3. The molecule has 0 bridgehead atoms. The summed E-state index contributed by atoms with van der Waals surface area (Å²) in [5.74, 6) is 1.71. The number of aliphatic hydroxyl groups excluding tert-OH is 1. The largest absolute Gasteiger partial charge is 0.446 e. The van der Waals surface area contributed by atoms with Gasteiger partial charge in [-0.2, -0.15) is 0 Å². The number of methoxy groups -OCH3 is 1. The lowest BCUT2D eigenvalue weighted by Gasteiger charge is -2.63. The number of carbonyl (C=O) groups excluding carboxylic acids is 2. The minimum absolute atomic E-state index is 0.0102. The van der Waals surface area contributed by atoms with Gasteiger partial charge in [-0.1, -0.05) is 48.5 Å². The summed E-state index contributed by atoms with van der Waals surface area (Å²) in [5, 5.41) is 12.0. The molecule has 0 aromatic rings. The van der Waals surface area contributed by atoms with Crippen LogP contribution in [0.2, 0.25) is 0 Å². The first-order chi connectivity index (χ1) is 19.0. The van der Waals surface area contributed by atoms with Gasteiger partial charge >= 0.3 is 12.2 Å². The van der Waals surface area contributed by atoms with Crippen LogP contribution in [-0.2, 0) is 14.2 Å². The molecule has 5 fully saturated rings. The van der Waals surface area contributed by atoms with Crippen molar-refractivity contribution in [1.82, 2.24) is 0 Å². The quantitative estimate of drug-likeness (QED) is 0.323. The molecule has 41 heavy (non-hydrogen) atoms. The summed E-state index contributed by atoms with van der Waals surface area (Å²) in [6.45, 7) is 15.8. The maximum absolute atomic E-state index is 12.0. The summed E-state index contributed by atoms with van der Waals surface area (Å²) in [5.41, 5.74) is 11.2. The molecule has 5 N–H and O–H groups in total. The highest BCUT2D eigenvalue weighted by Crippen LogP contribution is 2.89. The van der Waals surface area contributed by atoms with Gasteiger partial charge in [-0.25, -0.2) is 9.59 Å². The summed E-state index contributed by atoms with van der Waals surface area (Å²) >= 11 is 0. The van der Waals surface area contributed by atoms with E-state index in [-0.39, 0.29) is 57.2 Å². The predicted octanol–water partition coefficient (Wildman–Crippen LogP) is 6.02. The van der Waals surface area contributed by atoms with Crippen molar-refractivity contribution in [2.75, 3.05) is 7.11 Å². The first kappa shape index (κ1) is 30.9. The number of carbonyl (C=O) groups is 2. The van der Waals surface area contributed by atoms with Crippen LogP contribution in [0.4, 0.5) is 9.59 Å².